The number of nitrogens with zero attached hydrogens (tertiary/aromatic N) is 5. The van der Waals surface area contributed by atoms with Gasteiger partial charge in [0.15, 0.2) is 21.8 Å². The van der Waals surface area contributed by atoms with Crippen LogP contribution in [-0.2, 0) is 16.0 Å². The van der Waals surface area contributed by atoms with Gasteiger partial charge >= 0.3 is 6.18 Å². The molecule has 0 saturated heterocycles. The zero-order chi connectivity index (χ0) is 24.0. The number of hydrogen-bond donors (Lipinski definition) is 0. The molecule has 0 amide bonds. The molecule has 0 atom stereocenters. The number of imidazole rings is 1. The topological polar surface area (TPSA) is 99.7 Å². The van der Waals surface area contributed by atoms with E-state index in [4.69, 9.17) is 0 Å². The van der Waals surface area contributed by atoms with E-state index in [0.717, 1.165) is 12.5 Å². The highest BCUT2D eigenvalue weighted by Crippen LogP contribution is 2.33. The Labute approximate surface area is 186 Å². The summed E-state index contributed by atoms with van der Waals surface area (Å²) in [6, 6.07) is 11.0. The molecule has 0 aliphatic heterocycles. The molecular weight excluding hydrogens is 459 g/mol. The summed E-state index contributed by atoms with van der Waals surface area (Å²) in [5, 5.41) is 7.62. The number of sulfone groups is 1. The predicted molar refractivity (Wildman–Crippen MR) is 112 cm³/mol. The smallest absolute Gasteiger partial charge is 0.301 e. The number of aldehydes is 1. The van der Waals surface area contributed by atoms with Gasteiger partial charge in [-0.3, -0.25) is 4.79 Å². The fourth-order valence-electron chi connectivity index (χ4n) is 3.35. The minimum absolute atomic E-state index is 0.0724. The molecule has 12 heteroatoms. The molecule has 4 rings (SSSR count). The lowest BCUT2D eigenvalue weighted by Gasteiger charge is -2.15. The summed E-state index contributed by atoms with van der Waals surface area (Å²) in [5.74, 6) is 0.0724. The molecular formula is C21H16F3N5O3S. The normalized spacial score (nSPS) is 12.2. The van der Waals surface area contributed by atoms with Crippen LogP contribution < -0.4 is 0 Å². The minimum Gasteiger partial charge on any atom is -0.301 e. The maximum atomic E-state index is 13.2. The summed E-state index contributed by atoms with van der Waals surface area (Å²) in [6.07, 6.45) is -0.955. The van der Waals surface area contributed by atoms with Gasteiger partial charge in [0.25, 0.3) is 0 Å². The second kappa shape index (κ2) is 7.96. The maximum Gasteiger partial charge on any atom is 0.434 e. The molecule has 4 aromatic rings. The zero-order valence-electron chi connectivity index (χ0n) is 17.3. The Kier molecular flexibility index (Phi) is 5.40. The van der Waals surface area contributed by atoms with Gasteiger partial charge in [-0.15, -0.1) is 5.10 Å². The maximum absolute atomic E-state index is 13.2. The van der Waals surface area contributed by atoms with Crippen molar-refractivity contribution >= 4 is 16.1 Å². The summed E-state index contributed by atoms with van der Waals surface area (Å²) >= 11 is 0. The van der Waals surface area contributed by atoms with E-state index in [1.54, 1.807) is 30.3 Å². The monoisotopic (exact) mass is 475 g/mol. The van der Waals surface area contributed by atoms with Crippen molar-refractivity contribution in [2.24, 2.45) is 0 Å². The van der Waals surface area contributed by atoms with Crippen LogP contribution in [0.4, 0.5) is 13.2 Å². The summed E-state index contributed by atoms with van der Waals surface area (Å²) in [5.41, 5.74) is 0.646. The summed E-state index contributed by atoms with van der Waals surface area (Å²) in [4.78, 5) is 15.2. The molecule has 0 unspecified atom stereocenters. The highest BCUT2D eigenvalue weighted by Gasteiger charge is 2.34. The van der Waals surface area contributed by atoms with Gasteiger partial charge in [-0.05, 0) is 42.3 Å². The Morgan fingerprint density at radius 1 is 1.03 bits per heavy atom. The van der Waals surface area contributed by atoms with Crippen molar-refractivity contribution in [3.63, 3.8) is 0 Å². The van der Waals surface area contributed by atoms with Crippen LogP contribution in [0.5, 0.6) is 0 Å². The van der Waals surface area contributed by atoms with Gasteiger partial charge in [0.2, 0.25) is 0 Å². The average molecular weight is 475 g/mol. The van der Waals surface area contributed by atoms with Crippen molar-refractivity contribution in [3.05, 3.63) is 72.1 Å². The van der Waals surface area contributed by atoms with E-state index in [2.05, 4.69) is 15.3 Å². The second-order valence-corrected chi connectivity index (χ2v) is 9.25. The lowest BCUT2D eigenvalue weighted by molar-refractivity contribution is -0.141. The van der Waals surface area contributed by atoms with Gasteiger partial charge in [0.05, 0.1) is 22.5 Å². The molecule has 8 nitrogen and oxygen atoms in total. The highest BCUT2D eigenvalue weighted by molar-refractivity contribution is 7.90. The van der Waals surface area contributed by atoms with Crippen molar-refractivity contribution in [2.75, 3.05) is 6.26 Å². The van der Waals surface area contributed by atoms with Crippen molar-refractivity contribution in [1.82, 2.24) is 24.5 Å². The number of aromatic nitrogens is 5. The van der Waals surface area contributed by atoms with Crippen LogP contribution in [0.15, 0.2) is 59.8 Å². The lowest BCUT2D eigenvalue weighted by Crippen LogP contribution is -2.08. The standard InChI is InChI=1S/C21H16F3N5O3S/c1-13-26-20(21(22,23)24)11-28(13)18-7-6-15(9-19(18)29-16(12-30)10-25-27-29)14-4-3-5-17(8-14)33(2,31)32/h3-12H,1-2H3. The van der Waals surface area contributed by atoms with E-state index in [1.807, 2.05) is 0 Å². The van der Waals surface area contributed by atoms with E-state index in [1.165, 1.54) is 34.5 Å². The predicted octanol–water partition coefficient (Wildman–Crippen LogP) is 3.66. The van der Waals surface area contributed by atoms with Crippen LogP contribution in [0.1, 0.15) is 22.0 Å². The fourth-order valence-corrected chi connectivity index (χ4v) is 4.01. The molecule has 0 N–H and O–H groups in total. The van der Waals surface area contributed by atoms with Crippen LogP contribution in [-0.4, -0.2) is 45.5 Å². The molecule has 0 aliphatic rings. The molecule has 0 saturated carbocycles. The lowest BCUT2D eigenvalue weighted by atomic mass is 10.0. The molecule has 0 radical (unpaired) electrons. The van der Waals surface area contributed by atoms with Gasteiger partial charge in [-0.25, -0.2) is 18.1 Å². The number of alkyl halides is 3. The molecule has 170 valence electrons. The molecule has 0 spiro atoms. The largest absolute Gasteiger partial charge is 0.434 e. The molecule has 33 heavy (non-hydrogen) atoms. The van der Waals surface area contributed by atoms with E-state index >= 15 is 0 Å². The number of aryl methyl sites for hydroxylation is 1. The Balaban J connectivity index is 1.95. The van der Waals surface area contributed by atoms with E-state index < -0.39 is 21.7 Å². The van der Waals surface area contributed by atoms with Gasteiger partial charge < -0.3 is 4.57 Å². The number of rotatable bonds is 5. The Hall–Kier alpha value is -3.80. The molecule has 2 heterocycles. The third kappa shape index (κ3) is 4.29. The van der Waals surface area contributed by atoms with E-state index in [9.17, 15) is 26.4 Å². The van der Waals surface area contributed by atoms with E-state index in [0.29, 0.717) is 17.4 Å². The van der Waals surface area contributed by atoms with Crippen LogP contribution >= 0.6 is 0 Å². The Bertz CT molecular complexity index is 1470. The SMILES string of the molecule is Cc1nc(C(F)(F)F)cn1-c1ccc(-c2cccc(S(C)(=O)=O)c2)cc1-n1nncc1C=O. The fraction of sp³-hybridized carbons (Fsp3) is 0.143. The molecule has 0 aliphatic carbocycles. The summed E-state index contributed by atoms with van der Waals surface area (Å²) in [6.45, 7) is 1.42. The number of carbonyl (C=O) groups is 1. The molecule has 2 aromatic carbocycles. The van der Waals surface area contributed by atoms with Gasteiger partial charge in [0.1, 0.15) is 11.5 Å². The second-order valence-electron chi connectivity index (χ2n) is 7.23. The minimum atomic E-state index is -4.64. The Morgan fingerprint density at radius 3 is 2.39 bits per heavy atom. The number of hydrogen-bond acceptors (Lipinski definition) is 6. The van der Waals surface area contributed by atoms with Crippen molar-refractivity contribution in [3.8, 4) is 22.5 Å². The first-order chi connectivity index (χ1) is 15.5. The van der Waals surface area contributed by atoms with E-state index in [-0.39, 0.29) is 27.8 Å². The Morgan fingerprint density at radius 2 is 1.76 bits per heavy atom. The van der Waals surface area contributed by atoms with Gasteiger partial charge in [0, 0.05) is 12.5 Å². The summed E-state index contributed by atoms with van der Waals surface area (Å²) in [7, 11) is -3.46. The quantitative estimate of drug-likeness (QED) is 0.409. The number of halogens is 3. The molecule has 0 bridgehead atoms. The van der Waals surface area contributed by atoms with Crippen LogP contribution in [0.2, 0.25) is 0 Å². The molecule has 2 aromatic heterocycles. The third-order valence-electron chi connectivity index (χ3n) is 4.93. The number of carbonyl (C=O) groups excluding carboxylic acids is 1. The summed E-state index contributed by atoms with van der Waals surface area (Å²) < 4.78 is 66.0. The first-order valence-corrected chi connectivity index (χ1v) is 11.3. The van der Waals surface area contributed by atoms with Crippen LogP contribution in [0.3, 0.4) is 0 Å². The highest BCUT2D eigenvalue weighted by atomic mass is 32.2. The van der Waals surface area contributed by atoms with Crippen molar-refractivity contribution in [2.45, 2.75) is 18.0 Å². The first kappa shape index (κ1) is 22.4. The van der Waals surface area contributed by atoms with Crippen molar-refractivity contribution < 1.29 is 26.4 Å². The van der Waals surface area contributed by atoms with Crippen LogP contribution in [0.25, 0.3) is 22.5 Å². The zero-order valence-corrected chi connectivity index (χ0v) is 18.1. The number of benzene rings is 2. The van der Waals surface area contributed by atoms with Gasteiger partial charge in [-0.2, -0.15) is 13.2 Å². The van der Waals surface area contributed by atoms with Crippen LogP contribution in [0, 0.1) is 6.92 Å². The first-order valence-electron chi connectivity index (χ1n) is 9.43. The van der Waals surface area contributed by atoms with Crippen molar-refractivity contribution in [1.29, 1.82) is 0 Å². The van der Waals surface area contributed by atoms with Gasteiger partial charge in [-0.1, -0.05) is 23.4 Å². The average Bonchev–Trinajstić information content (AvgIpc) is 3.39. The third-order valence-corrected chi connectivity index (χ3v) is 6.04. The molecule has 0 fully saturated rings.